The molecular weight excluding hydrogens is 416 g/mol. The quantitative estimate of drug-likeness (QED) is 0.663. The Balaban J connectivity index is 1.76. The highest BCUT2D eigenvalue weighted by Gasteiger charge is 2.48. The van der Waals surface area contributed by atoms with Gasteiger partial charge in [0.2, 0.25) is 10.7 Å². The highest BCUT2D eigenvalue weighted by atomic mass is 32.1. The molecule has 1 aromatic heterocycles. The van der Waals surface area contributed by atoms with Crippen LogP contribution in [0.2, 0.25) is 0 Å². The Kier molecular flexibility index (Phi) is 6.21. The lowest BCUT2D eigenvalue weighted by molar-refractivity contribution is -0.297. The van der Waals surface area contributed by atoms with Gasteiger partial charge in [-0.15, -0.1) is 20.5 Å². The van der Waals surface area contributed by atoms with Crippen LogP contribution in [0.4, 0.5) is 5.95 Å². The van der Waals surface area contributed by atoms with Crippen molar-refractivity contribution in [3.05, 3.63) is 4.77 Å². The molecule has 2 N–H and O–H groups in total. The minimum Gasteiger partial charge on any atom is -0.461 e. The Bertz CT molecular complexity index is 768. The predicted molar refractivity (Wildman–Crippen MR) is 119 cm³/mol. The molecule has 0 aromatic carbocycles. The highest BCUT2D eigenvalue weighted by molar-refractivity contribution is 7.71. The van der Waals surface area contributed by atoms with E-state index in [4.69, 9.17) is 17.0 Å². The monoisotopic (exact) mass is 452 g/mol. The molecule has 0 aliphatic carbocycles. The molecule has 0 unspecified atom stereocenters. The molecular formula is C21H36N6O3S. The SMILES string of the molecule is CC1(C)CC(Nc2nc(=S)nc(OC3CC(C)(C)N([O])C(C)(C)C3)[nH]2)CC(C)(C)N1[O]. The number of ether oxygens (including phenoxy) is 1. The molecule has 2 fully saturated rings. The number of hydrogen-bond donors (Lipinski definition) is 2. The Morgan fingerprint density at radius 2 is 1.32 bits per heavy atom. The smallest absolute Gasteiger partial charge is 0.299 e. The van der Waals surface area contributed by atoms with Gasteiger partial charge in [-0.1, -0.05) is 0 Å². The van der Waals surface area contributed by atoms with Gasteiger partial charge < -0.3 is 10.1 Å². The molecule has 0 saturated carbocycles. The number of H-pyrrole nitrogens is 1. The fourth-order valence-corrected chi connectivity index (χ4v) is 5.63. The first-order valence-electron chi connectivity index (χ1n) is 10.9. The maximum Gasteiger partial charge on any atom is 0.299 e. The van der Waals surface area contributed by atoms with Crippen LogP contribution >= 0.6 is 12.2 Å². The molecule has 31 heavy (non-hydrogen) atoms. The zero-order valence-electron chi connectivity index (χ0n) is 19.9. The van der Waals surface area contributed by atoms with Crippen molar-refractivity contribution >= 4 is 18.2 Å². The first-order chi connectivity index (χ1) is 14.0. The number of nitrogens with zero attached hydrogens (tertiary/aromatic N) is 4. The van der Waals surface area contributed by atoms with Gasteiger partial charge in [0.25, 0.3) is 6.01 Å². The van der Waals surface area contributed by atoms with Crippen molar-refractivity contribution in [3.63, 3.8) is 0 Å². The van der Waals surface area contributed by atoms with E-state index in [1.54, 1.807) is 0 Å². The minimum atomic E-state index is -0.541. The van der Waals surface area contributed by atoms with Crippen LogP contribution in [0.3, 0.4) is 0 Å². The van der Waals surface area contributed by atoms with Crippen LogP contribution in [0.15, 0.2) is 0 Å². The van der Waals surface area contributed by atoms with Gasteiger partial charge >= 0.3 is 0 Å². The van der Waals surface area contributed by atoms with Crippen molar-refractivity contribution in [2.45, 2.75) is 115 Å². The lowest BCUT2D eigenvalue weighted by Crippen LogP contribution is -2.60. The number of piperidine rings is 2. The number of hydroxylamine groups is 4. The standard InChI is InChI=1S/C21H36N6O3S/c1-18(2)9-13(10-19(3,4)26(18)28)22-15-23-16(25-17(31)24-15)30-14-11-20(5,6)27(29)21(7,8)12-14/h13-14H,9-12H2,1-8H3,(H2,22,23,24,25,31). The average Bonchev–Trinajstić information content (AvgIpc) is 2.56. The van der Waals surface area contributed by atoms with E-state index in [1.165, 1.54) is 10.1 Å². The first kappa shape index (κ1) is 24.3. The van der Waals surface area contributed by atoms with Crippen LogP contribution in [0.25, 0.3) is 0 Å². The topological polar surface area (TPSA) is 109 Å². The van der Waals surface area contributed by atoms with Crippen LogP contribution in [0, 0.1) is 4.77 Å². The number of nitrogens with one attached hydrogen (secondary N) is 2. The summed E-state index contributed by atoms with van der Waals surface area (Å²) in [7, 11) is 0. The van der Waals surface area contributed by atoms with Crippen molar-refractivity contribution < 1.29 is 15.2 Å². The van der Waals surface area contributed by atoms with Gasteiger partial charge in [0, 0.05) is 41.0 Å². The second-order valence-electron chi connectivity index (χ2n) is 11.5. The number of rotatable bonds is 4. The van der Waals surface area contributed by atoms with E-state index in [9.17, 15) is 10.4 Å². The Hall–Kier alpha value is -1.33. The Morgan fingerprint density at radius 3 is 1.81 bits per heavy atom. The number of anilines is 1. The normalized spacial score (nSPS) is 26.5. The summed E-state index contributed by atoms with van der Waals surface area (Å²) in [6, 6.07) is 0.336. The van der Waals surface area contributed by atoms with Crippen molar-refractivity contribution in [3.8, 4) is 6.01 Å². The molecule has 0 spiro atoms. The summed E-state index contributed by atoms with van der Waals surface area (Å²) >= 11 is 5.26. The fourth-order valence-electron chi connectivity index (χ4n) is 5.46. The lowest BCUT2D eigenvalue weighted by Gasteiger charge is -2.50. The van der Waals surface area contributed by atoms with Crippen LogP contribution in [-0.4, -0.2) is 59.4 Å². The molecule has 0 bridgehead atoms. The molecule has 3 rings (SSSR count). The molecule has 0 amide bonds. The van der Waals surface area contributed by atoms with Gasteiger partial charge in [0.15, 0.2) is 0 Å². The predicted octanol–water partition coefficient (Wildman–Crippen LogP) is 4.06. The fraction of sp³-hybridized carbons (Fsp3) is 0.857. The van der Waals surface area contributed by atoms with E-state index in [-0.39, 0.29) is 16.9 Å². The average molecular weight is 453 g/mol. The lowest BCUT2D eigenvalue weighted by atomic mass is 9.79. The van der Waals surface area contributed by atoms with Crippen molar-refractivity contribution in [1.29, 1.82) is 0 Å². The zero-order valence-corrected chi connectivity index (χ0v) is 20.7. The van der Waals surface area contributed by atoms with Gasteiger partial charge in [-0.25, -0.2) is 0 Å². The largest absolute Gasteiger partial charge is 0.461 e. The second-order valence-corrected chi connectivity index (χ2v) is 11.9. The van der Waals surface area contributed by atoms with Crippen molar-refractivity contribution in [2.75, 3.05) is 5.32 Å². The third-order valence-corrected chi connectivity index (χ3v) is 6.58. The summed E-state index contributed by atoms with van der Waals surface area (Å²) in [5, 5.41) is 31.0. The van der Waals surface area contributed by atoms with Crippen LogP contribution in [0.5, 0.6) is 6.01 Å². The number of hydrogen-bond acceptors (Lipinski definition) is 7. The molecule has 10 heteroatoms. The molecule has 3 heterocycles. The van der Waals surface area contributed by atoms with Gasteiger partial charge in [-0.2, -0.15) is 9.97 Å². The van der Waals surface area contributed by atoms with Gasteiger partial charge in [0.1, 0.15) is 6.10 Å². The molecule has 2 aliphatic heterocycles. The number of aromatic amines is 1. The van der Waals surface area contributed by atoms with E-state index in [0.717, 1.165) is 0 Å². The van der Waals surface area contributed by atoms with E-state index in [1.807, 2.05) is 55.4 Å². The van der Waals surface area contributed by atoms with E-state index in [0.29, 0.717) is 37.6 Å². The van der Waals surface area contributed by atoms with E-state index in [2.05, 4.69) is 20.3 Å². The van der Waals surface area contributed by atoms with Crippen LogP contribution in [0.1, 0.15) is 81.1 Å². The maximum absolute atomic E-state index is 12.6. The highest BCUT2D eigenvalue weighted by Crippen LogP contribution is 2.39. The van der Waals surface area contributed by atoms with E-state index < -0.39 is 22.2 Å². The molecule has 1 aromatic rings. The zero-order chi connectivity index (χ0) is 23.4. The molecule has 0 atom stereocenters. The molecule has 9 nitrogen and oxygen atoms in total. The van der Waals surface area contributed by atoms with E-state index >= 15 is 0 Å². The van der Waals surface area contributed by atoms with Gasteiger partial charge in [-0.3, -0.25) is 4.98 Å². The van der Waals surface area contributed by atoms with Crippen molar-refractivity contribution in [1.82, 2.24) is 25.1 Å². The molecule has 2 saturated heterocycles. The molecule has 2 aliphatic rings. The van der Waals surface area contributed by atoms with Crippen molar-refractivity contribution in [2.24, 2.45) is 0 Å². The summed E-state index contributed by atoms with van der Waals surface area (Å²) in [6.07, 6.45) is 2.33. The summed E-state index contributed by atoms with van der Waals surface area (Å²) in [5.41, 5.74) is -2.07. The molecule has 2 radical (unpaired) electrons. The summed E-state index contributed by atoms with van der Waals surface area (Å²) in [5.74, 6) is 0.478. The third kappa shape index (κ3) is 5.19. The second kappa shape index (κ2) is 7.91. The number of aromatic nitrogens is 3. The minimum absolute atomic E-state index is 0.0465. The maximum atomic E-state index is 12.6. The molecule has 174 valence electrons. The first-order valence-corrected chi connectivity index (χ1v) is 11.3. The summed E-state index contributed by atoms with van der Waals surface area (Å²) in [4.78, 5) is 11.7. The Labute approximate surface area is 190 Å². The summed E-state index contributed by atoms with van der Waals surface area (Å²) < 4.78 is 6.32. The van der Waals surface area contributed by atoms with Crippen LogP contribution < -0.4 is 10.1 Å². The van der Waals surface area contributed by atoms with Gasteiger partial charge in [-0.05, 0) is 80.4 Å². The summed E-state index contributed by atoms with van der Waals surface area (Å²) in [6.45, 7) is 15.5. The Morgan fingerprint density at radius 1 is 0.871 bits per heavy atom. The van der Waals surface area contributed by atoms with Crippen LogP contribution in [-0.2, 0) is 10.4 Å². The van der Waals surface area contributed by atoms with Gasteiger partial charge in [0.05, 0.1) is 0 Å². The third-order valence-electron chi connectivity index (χ3n) is 6.39.